The molecule has 4 rings (SSSR count). The van der Waals surface area contributed by atoms with E-state index in [4.69, 9.17) is 14.6 Å². The number of hydrogen-bond acceptors (Lipinski definition) is 6. The van der Waals surface area contributed by atoms with Gasteiger partial charge in [0.15, 0.2) is 11.5 Å². The largest absolute Gasteiger partial charge is 0.573 e. The monoisotopic (exact) mass is 664 g/mol. The first-order chi connectivity index (χ1) is 18.5. The van der Waals surface area contributed by atoms with Gasteiger partial charge in [-0.15, -0.1) is 13.2 Å². The second-order valence-electron chi connectivity index (χ2n) is 9.33. The van der Waals surface area contributed by atoms with E-state index in [1.807, 2.05) is 9.83 Å². The lowest BCUT2D eigenvalue weighted by molar-refractivity contribution is -0.275. The quantitative estimate of drug-likeness (QED) is 0.273. The van der Waals surface area contributed by atoms with Crippen LogP contribution in [0.3, 0.4) is 0 Å². The number of benzene rings is 2. The first-order valence-corrected chi connectivity index (χ1v) is 14.5. The minimum atomic E-state index is -4.84. The van der Waals surface area contributed by atoms with E-state index in [0.29, 0.717) is 26.1 Å². The molecule has 1 aliphatic carbocycles. The Morgan fingerprint density at radius 2 is 1.62 bits per heavy atom. The van der Waals surface area contributed by atoms with Crippen LogP contribution in [0.25, 0.3) is 0 Å². The molecule has 214 valence electrons. The molecule has 0 spiro atoms. The summed E-state index contributed by atoms with van der Waals surface area (Å²) in [4.78, 5) is 28.7. The summed E-state index contributed by atoms with van der Waals surface area (Å²) in [6.45, 7) is 1.09. The third kappa shape index (κ3) is 7.76. The maximum absolute atomic E-state index is 13.7. The lowest BCUT2D eigenvalue weighted by Gasteiger charge is -2.43. The van der Waals surface area contributed by atoms with Crippen LogP contribution in [-0.4, -0.2) is 72.1 Å². The molecule has 2 N–H and O–H groups in total. The molecule has 1 heterocycles. The van der Waals surface area contributed by atoms with E-state index in [1.54, 1.807) is 25.2 Å². The number of carbonyl (C=O) groups is 2. The second-order valence-corrected chi connectivity index (χ2v) is 9.33. The highest BCUT2D eigenvalue weighted by molar-refractivity contribution is 14.1. The number of rotatable bonds is 10. The molecular formula is C27H32F3IN2O6. The van der Waals surface area contributed by atoms with Gasteiger partial charge in [-0.1, -0.05) is 46.9 Å². The molecule has 12 heteroatoms. The number of para-hydroxylation sites is 2. The van der Waals surface area contributed by atoms with Crippen molar-refractivity contribution < 1.29 is 42.1 Å². The average Bonchev–Trinajstić information content (AvgIpc) is 3.70. The van der Waals surface area contributed by atoms with Crippen LogP contribution < -0.4 is 14.8 Å². The van der Waals surface area contributed by atoms with Crippen molar-refractivity contribution in [3.8, 4) is 11.5 Å². The number of carboxylic acids is 1. The van der Waals surface area contributed by atoms with Crippen molar-refractivity contribution in [2.45, 2.75) is 43.1 Å². The van der Waals surface area contributed by atoms with Gasteiger partial charge >= 0.3 is 12.3 Å². The molecule has 0 unspecified atom stereocenters. The first kappa shape index (κ1) is 31.0. The molecule has 0 radical (unpaired) electrons. The van der Waals surface area contributed by atoms with Crippen LogP contribution >= 0.6 is 22.6 Å². The minimum absolute atomic E-state index is 0.0341. The molecule has 2 aromatic rings. The summed E-state index contributed by atoms with van der Waals surface area (Å²) in [5.74, 6) is -1.65. The van der Waals surface area contributed by atoms with Gasteiger partial charge in [0.1, 0.15) is 12.1 Å². The van der Waals surface area contributed by atoms with Gasteiger partial charge in [-0.05, 0) is 67.5 Å². The molecule has 2 aromatic carbocycles. The molecule has 0 atom stereocenters. The van der Waals surface area contributed by atoms with E-state index in [1.165, 1.54) is 30.3 Å². The third-order valence-corrected chi connectivity index (χ3v) is 7.02. The van der Waals surface area contributed by atoms with Gasteiger partial charge < -0.3 is 24.6 Å². The summed E-state index contributed by atoms with van der Waals surface area (Å²) in [6.07, 6.45) is -2.48. The summed E-state index contributed by atoms with van der Waals surface area (Å²) in [5.41, 5.74) is -0.417. The highest BCUT2D eigenvalue weighted by atomic mass is 127. The Labute approximate surface area is 238 Å². The van der Waals surface area contributed by atoms with Crippen molar-refractivity contribution in [1.29, 1.82) is 0 Å². The molecule has 0 bridgehead atoms. The predicted octanol–water partition coefficient (Wildman–Crippen LogP) is 5.00. The Balaban J connectivity index is 0.00000205. The molecular weight excluding hydrogens is 632 g/mol. The fourth-order valence-corrected chi connectivity index (χ4v) is 4.65. The fraction of sp³-hybridized carbons (Fsp3) is 0.481. The van der Waals surface area contributed by atoms with Gasteiger partial charge in [0, 0.05) is 19.8 Å². The average molecular weight is 664 g/mol. The number of ether oxygens (including phenoxy) is 3. The number of hydrogen-bond donors (Lipinski definition) is 2. The van der Waals surface area contributed by atoms with Crippen LogP contribution in [0.2, 0.25) is 0 Å². The molecule has 8 nitrogen and oxygen atoms in total. The molecule has 1 saturated heterocycles. The molecule has 1 aliphatic heterocycles. The van der Waals surface area contributed by atoms with E-state index >= 15 is 0 Å². The van der Waals surface area contributed by atoms with Gasteiger partial charge in [-0.25, -0.2) is 4.79 Å². The van der Waals surface area contributed by atoms with E-state index in [0.717, 1.165) is 18.4 Å². The predicted molar refractivity (Wildman–Crippen MR) is 146 cm³/mol. The van der Waals surface area contributed by atoms with E-state index in [-0.39, 0.29) is 30.4 Å². The molecule has 1 saturated carbocycles. The smallest absolute Gasteiger partial charge is 0.488 e. The zero-order chi connectivity index (χ0) is 28.7. The number of amides is 1. The SMILES string of the molecule is CI.CN(CCOc1ccccc1OC(F)(F)F)C1(C(=O)NC2(c3ccc(C(=O)O)cc3)CC2)CCOCC1. The van der Waals surface area contributed by atoms with Gasteiger partial charge in [-0.3, -0.25) is 9.69 Å². The van der Waals surface area contributed by atoms with Gasteiger partial charge in [0.25, 0.3) is 0 Å². The van der Waals surface area contributed by atoms with E-state index < -0.39 is 29.2 Å². The summed E-state index contributed by atoms with van der Waals surface area (Å²) < 4.78 is 53.3. The lowest BCUT2D eigenvalue weighted by Crippen LogP contribution is -2.62. The summed E-state index contributed by atoms with van der Waals surface area (Å²) >= 11 is 2.15. The van der Waals surface area contributed by atoms with Crippen LogP contribution in [0, 0.1) is 0 Å². The van der Waals surface area contributed by atoms with Crippen LogP contribution in [-0.2, 0) is 15.1 Å². The van der Waals surface area contributed by atoms with Crippen molar-refractivity contribution in [2.24, 2.45) is 0 Å². The van der Waals surface area contributed by atoms with Crippen LogP contribution in [0.15, 0.2) is 48.5 Å². The maximum Gasteiger partial charge on any atom is 0.573 e. The van der Waals surface area contributed by atoms with Crippen molar-refractivity contribution in [1.82, 2.24) is 10.2 Å². The Kier molecular flexibility index (Phi) is 10.5. The van der Waals surface area contributed by atoms with Crippen LogP contribution in [0.5, 0.6) is 11.5 Å². The van der Waals surface area contributed by atoms with Crippen LogP contribution in [0.1, 0.15) is 41.6 Å². The minimum Gasteiger partial charge on any atom is -0.488 e. The van der Waals surface area contributed by atoms with Crippen molar-refractivity contribution in [3.63, 3.8) is 0 Å². The second kappa shape index (κ2) is 13.2. The number of halogens is 4. The van der Waals surface area contributed by atoms with E-state index in [9.17, 15) is 22.8 Å². The van der Waals surface area contributed by atoms with Gasteiger partial charge in [0.2, 0.25) is 5.91 Å². The standard InChI is InChI=1S/C26H29F3N2O6.CH3I/c1-31(14-17-36-20-4-2-3-5-21(20)37-26(27,28)29)25(12-15-35-16-13-25)23(34)30-24(10-11-24)19-8-6-18(7-9-19)22(32)33;1-2/h2-9H,10-17H2,1H3,(H,30,34)(H,32,33);1H3. The van der Waals surface area contributed by atoms with Gasteiger partial charge in [-0.2, -0.15) is 0 Å². The fourth-order valence-electron chi connectivity index (χ4n) is 4.65. The summed E-state index contributed by atoms with van der Waals surface area (Å²) in [6, 6.07) is 12.0. The topological polar surface area (TPSA) is 97.3 Å². The molecule has 0 aromatic heterocycles. The number of alkyl halides is 4. The zero-order valence-electron chi connectivity index (χ0n) is 21.7. The van der Waals surface area contributed by atoms with Crippen molar-refractivity contribution in [3.05, 3.63) is 59.7 Å². The Morgan fingerprint density at radius 1 is 1.03 bits per heavy atom. The van der Waals surface area contributed by atoms with Gasteiger partial charge in [0.05, 0.1) is 11.1 Å². The Morgan fingerprint density at radius 3 is 2.15 bits per heavy atom. The highest BCUT2D eigenvalue weighted by Gasteiger charge is 2.51. The van der Waals surface area contributed by atoms with Crippen LogP contribution in [0.4, 0.5) is 13.2 Å². The number of carbonyl (C=O) groups excluding carboxylic acids is 1. The number of nitrogens with one attached hydrogen (secondary N) is 1. The number of aromatic carboxylic acids is 1. The Bertz CT molecular complexity index is 1120. The Hall–Kier alpha value is -2.58. The normalized spacial score (nSPS) is 17.4. The molecule has 2 aliphatic rings. The van der Waals surface area contributed by atoms with Crippen molar-refractivity contribution >= 4 is 34.5 Å². The molecule has 2 fully saturated rings. The summed E-state index contributed by atoms with van der Waals surface area (Å²) in [7, 11) is 1.79. The number of carboxylic acid groups (broad SMARTS) is 1. The lowest BCUT2D eigenvalue weighted by atomic mass is 9.86. The maximum atomic E-state index is 13.7. The summed E-state index contributed by atoms with van der Waals surface area (Å²) in [5, 5.41) is 12.4. The molecule has 1 amide bonds. The van der Waals surface area contributed by atoms with Crippen molar-refractivity contribution in [2.75, 3.05) is 38.3 Å². The number of nitrogens with zero attached hydrogens (tertiary/aromatic N) is 1. The zero-order valence-corrected chi connectivity index (χ0v) is 23.9. The van der Waals surface area contributed by atoms with E-state index in [2.05, 4.69) is 32.6 Å². The highest BCUT2D eigenvalue weighted by Crippen LogP contribution is 2.46. The third-order valence-electron chi connectivity index (χ3n) is 7.02. The molecule has 39 heavy (non-hydrogen) atoms. The first-order valence-electron chi connectivity index (χ1n) is 12.4. The number of likely N-dealkylation sites (N-methyl/N-ethyl adjacent to an activating group) is 1.